The van der Waals surface area contributed by atoms with Gasteiger partial charge in [-0.3, -0.25) is 4.98 Å². The molecule has 4 heteroatoms. The van der Waals surface area contributed by atoms with E-state index < -0.39 is 0 Å². The summed E-state index contributed by atoms with van der Waals surface area (Å²) in [6, 6.07) is 10.9. The number of benzene rings is 1. The molecule has 0 aliphatic rings. The molecular weight excluding hydrogens is 268 g/mol. The number of aryl methyl sites for hydroxylation is 1. The van der Waals surface area contributed by atoms with E-state index >= 15 is 0 Å². The van der Waals surface area contributed by atoms with Crippen molar-refractivity contribution in [3.05, 3.63) is 53.9 Å². The lowest BCUT2D eigenvalue weighted by Crippen LogP contribution is -2.18. The standard InChI is InChI=1S/C16H20N2OS/c1-12-4-6-15(7-5-12)20-11-16(17-2)13-8-14(19-3)10-18-9-13/h4-10,16-17H,11H2,1-3H3. The fraction of sp³-hybridized carbons (Fsp3) is 0.312. The maximum absolute atomic E-state index is 5.23. The quantitative estimate of drug-likeness (QED) is 0.826. The number of aromatic nitrogens is 1. The predicted molar refractivity (Wildman–Crippen MR) is 84.5 cm³/mol. The van der Waals surface area contributed by atoms with Gasteiger partial charge in [-0.1, -0.05) is 17.7 Å². The van der Waals surface area contributed by atoms with E-state index in [1.165, 1.54) is 10.5 Å². The third-order valence-corrected chi connectivity index (χ3v) is 4.26. The highest BCUT2D eigenvalue weighted by Gasteiger charge is 2.11. The van der Waals surface area contributed by atoms with E-state index in [-0.39, 0.29) is 6.04 Å². The van der Waals surface area contributed by atoms with Crippen LogP contribution >= 0.6 is 11.8 Å². The normalized spacial score (nSPS) is 12.2. The van der Waals surface area contributed by atoms with Crippen LogP contribution in [0.15, 0.2) is 47.6 Å². The molecule has 0 radical (unpaired) electrons. The number of pyridine rings is 1. The summed E-state index contributed by atoms with van der Waals surface area (Å²) in [5, 5.41) is 3.33. The Morgan fingerprint density at radius 1 is 1.25 bits per heavy atom. The first-order valence-electron chi connectivity index (χ1n) is 6.58. The van der Waals surface area contributed by atoms with Crippen LogP contribution in [-0.4, -0.2) is 24.9 Å². The Morgan fingerprint density at radius 2 is 2.00 bits per heavy atom. The van der Waals surface area contributed by atoms with Crippen LogP contribution in [0.5, 0.6) is 5.75 Å². The lowest BCUT2D eigenvalue weighted by Gasteiger charge is -2.16. The third-order valence-electron chi connectivity index (χ3n) is 3.16. The van der Waals surface area contributed by atoms with Crippen LogP contribution in [0.3, 0.4) is 0 Å². The largest absolute Gasteiger partial charge is 0.495 e. The lowest BCUT2D eigenvalue weighted by atomic mass is 10.1. The molecule has 1 heterocycles. The summed E-state index contributed by atoms with van der Waals surface area (Å²) in [4.78, 5) is 5.50. The van der Waals surface area contributed by atoms with Crippen molar-refractivity contribution in [2.75, 3.05) is 19.9 Å². The van der Waals surface area contributed by atoms with Crippen molar-refractivity contribution in [1.82, 2.24) is 10.3 Å². The van der Waals surface area contributed by atoms with Gasteiger partial charge in [-0.2, -0.15) is 0 Å². The summed E-state index contributed by atoms with van der Waals surface area (Å²) in [5.74, 6) is 1.75. The maximum Gasteiger partial charge on any atom is 0.137 e. The van der Waals surface area contributed by atoms with E-state index in [9.17, 15) is 0 Å². The number of nitrogens with one attached hydrogen (secondary N) is 1. The summed E-state index contributed by atoms with van der Waals surface area (Å²) >= 11 is 1.84. The number of nitrogens with zero attached hydrogens (tertiary/aromatic N) is 1. The number of ether oxygens (including phenoxy) is 1. The summed E-state index contributed by atoms with van der Waals surface area (Å²) in [6.45, 7) is 2.10. The van der Waals surface area contributed by atoms with E-state index in [1.807, 2.05) is 31.1 Å². The molecule has 0 aliphatic heterocycles. The minimum Gasteiger partial charge on any atom is -0.495 e. The van der Waals surface area contributed by atoms with E-state index in [1.54, 1.807) is 13.3 Å². The monoisotopic (exact) mass is 288 g/mol. The van der Waals surface area contributed by atoms with Crippen LogP contribution in [0, 0.1) is 6.92 Å². The minimum absolute atomic E-state index is 0.254. The van der Waals surface area contributed by atoms with Gasteiger partial charge in [0, 0.05) is 22.9 Å². The molecule has 2 rings (SSSR count). The second-order valence-corrected chi connectivity index (χ2v) is 5.72. The molecule has 0 bridgehead atoms. The fourth-order valence-electron chi connectivity index (χ4n) is 1.90. The first-order chi connectivity index (χ1) is 9.72. The molecule has 0 saturated carbocycles. The van der Waals surface area contributed by atoms with E-state index in [4.69, 9.17) is 4.74 Å². The Kier molecular flexibility index (Phi) is 5.44. The second-order valence-electron chi connectivity index (χ2n) is 4.62. The predicted octanol–water partition coefficient (Wildman–Crippen LogP) is 3.45. The van der Waals surface area contributed by atoms with Crippen molar-refractivity contribution < 1.29 is 4.74 Å². The Labute approximate surface area is 124 Å². The van der Waals surface area contributed by atoms with Gasteiger partial charge in [-0.15, -0.1) is 11.8 Å². The smallest absolute Gasteiger partial charge is 0.137 e. The molecule has 106 valence electrons. The van der Waals surface area contributed by atoms with Crippen molar-refractivity contribution in [2.45, 2.75) is 17.9 Å². The Morgan fingerprint density at radius 3 is 2.65 bits per heavy atom. The van der Waals surface area contributed by atoms with Crippen LogP contribution in [0.2, 0.25) is 0 Å². The molecule has 1 aromatic carbocycles. The van der Waals surface area contributed by atoms with Gasteiger partial charge in [0.05, 0.1) is 13.3 Å². The molecule has 0 amide bonds. The molecule has 3 nitrogen and oxygen atoms in total. The maximum atomic E-state index is 5.23. The highest BCUT2D eigenvalue weighted by Crippen LogP contribution is 2.26. The third kappa shape index (κ3) is 3.99. The number of hydrogen-bond donors (Lipinski definition) is 1. The first kappa shape index (κ1) is 14.9. The van der Waals surface area contributed by atoms with Gasteiger partial charge in [0.25, 0.3) is 0 Å². The Hall–Kier alpha value is -1.52. The van der Waals surface area contributed by atoms with Gasteiger partial charge in [-0.05, 0) is 37.7 Å². The molecule has 1 aromatic heterocycles. The van der Waals surface area contributed by atoms with Gasteiger partial charge in [0.2, 0.25) is 0 Å². The van der Waals surface area contributed by atoms with Crippen LogP contribution in [-0.2, 0) is 0 Å². The van der Waals surface area contributed by atoms with Crippen molar-refractivity contribution in [2.24, 2.45) is 0 Å². The van der Waals surface area contributed by atoms with Gasteiger partial charge in [-0.25, -0.2) is 0 Å². The van der Waals surface area contributed by atoms with Gasteiger partial charge in [0.15, 0.2) is 0 Å². The molecule has 20 heavy (non-hydrogen) atoms. The summed E-state index contributed by atoms with van der Waals surface area (Å²) in [5.41, 5.74) is 2.43. The molecular formula is C16H20N2OS. The van der Waals surface area contributed by atoms with Crippen molar-refractivity contribution in [3.63, 3.8) is 0 Å². The molecule has 2 aromatic rings. The molecule has 0 spiro atoms. The van der Waals surface area contributed by atoms with E-state index in [0.29, 0.717) is 0 Å². The van der Waals surface area contributed by atoms with Crippen LogP contribution < -0.4 is 10.1 Å². The van der Waals surface area contributed by atoms with Crippen molar-refractivity contribution in [1.29, 1.82) is 0 Å². The SMILES string of the molecule is CNC(CSc1ccc(C)cc1)c1cncc(OC)c1. The molecule has 1 atom stereocenters. The van der Waals surface area contributed by atoms with E-state index in [2.05, 4.69) is 41.5 Å². The van der Waals surface area contributed by atoms with Gasteiger partial charge >= 0.3 is 0 Å². The van der Waals surface area contributed by atoms with Crippen molar-refractivity contribution in [3.8, 4) is 5.75 Å². The Balaban J connectivity index is 2.03. The topological polar surface area (TPSA) is 34.2 Å². The van der Waals surface area contributed by atoms with Gasteiger partial charge in [0.1, 0.15) is 5.75 Å². The molecule has 0 fully saturated rings. The Bertz CT molecular complexity index is 542. The number of rotatable bonds is 6. The second kappa shape index (κ2) is 7.31. The average molecular weight is 288 g/mol. The summed E-state index contributed by atoms with van der Waals surface area (Å²) in [6.07, 6.45) is 3.61. The summed E-state index contributed by atoms with van der Waals surface area (Å²) in [7, 11) is 3.63. The highest BCUT2D eigenvalue weighted by molar-refractivity contribution is 7.99. The van der Waals surface area contributed by atoms with Crippen molar-refractivity contribution >= 4 is 11.8 Å². The fourth-order valence-corrected chi connectivity index (χ4v) is 2.94. The van der Waals surface area contributed by atoms with Crippen LogP contribution in [0.1, 0.15) is 17.2 Å². The minimum atomic E-state index is 0.254. The first-order valence-corrected chi connectivity index (χ1v) is 7.57. The number of thioether (sulfide) groups is 1. The van der Waals surface area contributed by atoms with Crippen LogP contribution in [0.4, 0.5) is 0 Å². The van der Waals surface area contributed by atoms with E-state index in [0.717, 1.165) is 17.1 Å². The van der Waals surface area contributed by atoms with Crippen LogP contribution in [0.25, 0.3) is 0 Å². The molecule has 1 N–H and O–H groups in total. The molecule has 0 saturated heterocycles. The average Bonchev–Trinajstić information content (AvgIpc) is 2.50. The molecule has 1 unspecified atom stereocenters. The number of methoxy groups -OCH3 is 1. The lowest BCUT2D eigenvalue weighted by molar-refractivity contribution is 0.411. The zero-order valence-electron chi connectivity index (χ0n) is 12.1. The zero-order valence-corrected chi connectivity index (χ0v) is 12.9. The molecule has 0 aliphatic carbocycles. The number of hydrogen-bond acceptors (Lipinski definition) is 4. The van der Waals surface area contributed by atoms with Gasteiger partial charge < -0.3 is 10.1 Å². The zero-order chi connectivity index (χ0) is 14.4. The highest BCUT2D eigenvalue weighted by atomic mass is 32.2. The summed E-state index contributed by atoms with van der Waals surface area (Å²) < 4.78 is 5.23.